The average molecular weight is 367 g/mol. The number of fused-ring (bicyclic) bond motifs is 1. The van der Waals surface area contributed by atoms with Crippen molar-refractivity contribution in [3.8, 4) is 5.75 Å². The number of carbonyl (C=O) groups excluding carboxylic acids is 2. The van der Waals surface area contributed by atoms with Crippen LogP contribution in [0.4, 0.5) is 10.5 Å². The van der Waals surface area contributed by atoms with Crippen molar-refractivity contribution < 1.29 is 19.1 Å². The van der Waals surface area contributed by atoms with Gasteiger partial charge in [-0.1, -0.05) is 30.3 Å². The zero-order valence-corrected chi connectivity index (χ0v) is 15.1. The van der Waals surface area contributed by atoms with Crippen molar-refractivity contribution in [2.24, 2.45) is 0 Å². The van der Waals surface area contributed by atoms with Gasteiger partial charge in [0.15, 0.2) is 0 Å². The molecule has 1 atom stereocenters. The smallest absolute Gasteiger partial charge is 0.328 e. The molecule has 7 nitrogen and oxygen atoms in total. The number of nitrogens with one attached hydrogen (secondary N) is 3. The molecule has 0 radical (unpaired) electrons. The Morgan fingerprint density at radius 3 is 2.59 bits per heavy atom. The Labute approximate surface area is 156 Å². The van der Waals surface area contributed by atoms with Crippen LogP contribution in [0, 0.1) is 0 Å². The minimum Gasteiger partial charge on any atom is -0.495 e. The maximum absolute atomic E-state index is 12.4. The number of benzene rings is 2. The van der Waals surface area contributed by atoms with E-state index >= 15 is 0 Å². The first kappa shape index (κ1) is 18.3. The highest BCUT2D eigenvalue weighted by Gasteiger charge is 2.23. The van der Waals surface area contributed by atoms with Crippen molar-refractivity contribution in [3.63, 3.8) is 0 Å². The van der Waals surface area contributed by atoms with Gasteiger partial charge in [0, 0.05) is 23.5 Å². The number of aromatic nitrogens is 1. The van der Waals surface area contributed by atoms with E-state index in [9.17, 15) is 9.59 Å². The van der Waals surface area contributed by atoms with E-state index in [1.807, 2.05) is 30.5 Å². The summed E-state index contributed by atoms with van der Waals surface area (Å²) in [5.74, 6) is 0.00866. The summed E-state index contributed by atoms with van der Waals surface area (Å²) >= 11 is 0. The Hall–Kier alpha value is -3.48. The topological polar surface area (TPSA) is 92.5 Å². The third-order valence-electron chi connectivity index (χ3n) is 4.25. The summed E-state index contributed by atoms with van der Waals surface area (Å²) in [7, 11) is 2.82. The number of rotatable bonds is 6. The molecule has 0 saturated heterocycles. The van der Waals surface area contributed by atoms with Crippen LogP contribution in [-0.2, 0) is 16.0 Å². The number of para-hydroxylation sites is 3. The molecule has 1 aromatic heterocycles. The van der Waals surface area contributed by atoms with Crippen molar-refractivity contribution >= 4 is 28.6 Å². The molecule has 1 heterocycles. The fraction of sp³-hybridized carbons (Fsp3) is 0.200. The number of hydrogen-bond donors (Lipinski definition) is 3. The zero-order valence-electron chi connectivity index (χ0n) is 15.1. The van der Waals surface area contributed by atoms with E-state index < -0.39 is 18.0 Å². The number of carbonyl (C=O) groups is 2. The molecule has 3 N–H and O–H groups in total. The molecule has 0 unspecified atom stereocenters. The Balaban J connectivity index is 1.75. The first-order valence-corrected chi connectivity index (χ1v) is 8.45. The molecule has 0 aliphatic rings. The van der Waals surface area contributed by atoms with E-state index in [-0.39, 0.29) is 0 Å². The number of hydrogen-bond acceptors (Lipinski definition) is 4. The number of urea groups is 1. The summed E-state index contributed by atoms with van der Waals surface area (Å²) in [6, 6.07) is 13.5. The largest absolute Gasteiger partial charge is 0.495 e. The first-order valence-electron chi connectivity index (χ1n) is 8.45. The van der Waals surface area contributed by atoms with Gasteiger partial charge in [-0.3, -0.25) is 0 Å². The van der Waals surface area contributed by atoms with Gasteiger partial charge in [-0.2, -0.15) is 0 Å². The maximum atomic E-state index is 12.4. The van der Waals surface area contributed by atoms with Crippen molar-refractivity contribution in [2.75, 3.05) is 19.5 Å². The molecule has 2 amide bonds. The highest BCUT2D eigenvalue weighted by Crippen LogP contribution is 2.23. The average Bonchev–Trinajstić information content (AvgIpc) is 3.10. The van der Waals surface area contributed by atoms with Crippen molar-refractivity contribution in [1.82, 2.24) is 10.3 Å². The van der Waals surface area contributed by atoms with Gasteiger partial charge >= 0.3 is 12.0 Å². The van der Waals surface area contributed by atoms with Crippen LogP contribution < -0.4 is 15.4 Å². The van der Waals surface area contributed by atoms with Gasteiger partial charge in [-0.25, -0.2) is 9.59 Å². The molecule has 2 aromatic carbocycles. The number of H-pyrrole nitrogens is 1. The van der Waals surface area contributed by atoms with Crippen molar-refractivity contribution in [2.45, 2.75) is 12.5 Å². The van der Waals surface area contributed by atoms with Gasteiger partial charge in [0.25, 0.3) is 0 Å². The van der Waals surface area contributed by atoms with Crippen LogP contribution >= 0.6 is 0 Å². The van der Waals surface area contributed by atoms with E-state index in [2.05, 4.69) is 15.6 Å². The van der Waals surface area contributed by atoms with Crippen LogP contribution in [-0.4, -0.2) is 37.2 Å². The molecule has 3 aromatic rings. The summed E-state index contributed by atoms with van der Waals surface area (Å²) in [6.45, 7) is 0. The lowest BCUT2D eigenvalue weighted by Crippen LogP contribution is -2.45. The monoisotopic (exact) mass is 367 g/mol. The van der Waals surface area contributed by atoms with Gasteiger partial charge in [0.2, 0.25) is 0 Å². The fourth-order valence-electron chi connectivity index (χ4n) is 2.92. The predicted molar refractivity (Wildman–Crippen MR) is 103 cm³/mol. The van der Waals surface area contributed by atoms with Crippen LogP contribution in [0.3, 0.4) is 0 Å². The molecule has 0 bridgehead atoms. The number of amides is 2. The number of ether oxygens (including phenoxy) is 2. The third-order valence-corrected chi connectivity index (χ3v) is 4.25. The van der Waals surface area contributed by atoms with E-state index in [1.54, 1.807) is 24.3 Å². The van der Waals surface area contributed by atoms with Gasteiger partial charge in [0.1, 0.15) is 11.8 Å². The second-order valence-electron chi connectivity index (χ2n) is 5.94. The summed E-state index contributed by atoms with van der Waals surface area (Å²) in [4.78, 5) is 27.8. The predicted octanol–water partition coefficient (Wildman–Crippen LogP) is 3.08. The molecule has 0 spiro atoms. The summed E-state index contributed by atoms with van der Waals surface area (Å²) in [5, 5.41) is 6.37. The van der Waals surface area contributed by atoms with Gasteiger partial charge in [0.05, 0.1) is 19.9 Å². The fourth-order valence-corrected chi connectivity index (χ4v) is 2.92. The lowest BCUT2D eigenvalue weighted by Gasteiger charge is -2.17. The number of methoxy groups -OCH3 is 2. The molecule has 27 heavy (non-hydrogen) atoms. The van der Waals surface area contributed by atoms with Crippen LogP contribution in [0.15, 0.2) is 54.7 Å². The molecule has 0 saturated carbocycles. The standard InChI is InChI=1S/C20H21N3O4/c1-26-18-10-6-5-9-16(18)22-20(25)23-17(19(24)27-2)11-13-12-21-15-8-4-3-7-14(13)15/h3-10,12,17,21H,11H2,1-2H3,(H2,22,23,25)/t17-/m0/s1. The van der Waals surface area contributed by atoms with Crippen LogP contribution in [0.25, 0.3) is 10.9 Å². The maximum Gasteiger partial charge on any atom is 0.328 e. The quantitative estimate of drug-likeness (QED) is 0.584. The van der Waals surface area contributed by atoms with E-state index in [0.717, 1.165) is 16.5 Å². The normalized spacial score (nSPS) is 11.6. The zero-order chi connectivity index (χ0) is 19.2. The van der Waals surface area contributed by atoms with Crippen LogP contribution in [0.1, 0.15) is 5.56 Å². The Morgan fingerprint density at radius 1 is 1.07 bits per heavy atom. The second-order valence-corrected chi connectivity index (χ2v) is 5.94. The number of esters is 1. The molecule has 0 aliphatic carbocycles. The van der Waals surface area contributed by atoms with Gasteiger partial charge in [-0.15, -0.1) is 0 Å². The van der Waals surface area contributed by atoms with Crippen molar-refractivity contribution in [1.29, 1.82) is 0 Å². The highest BCUT2D eigenvalue weighted by atomic mass is 16.5. The van der Waals surface area contributed by atoms with Crippen LogP contribution in [0.2, 0.25) is 0 Å². The second kappa shape index (κ2) is 8.27. The molecule has 7 heteroatoms. The van der Waals surface area contributed by atoms with E-state index in [4.69, 9.17) is 9.47 Å². The molecular weight excluding hydrogens is 346 g/mol. The molecule has 3 rings (SSSR count). The number of anilines is 1. The molecule has 0 fully saturated rings. The van der Waals surface area contributed by atoms with E-state index in [0.29, 0.717) is 17.9 Å². The first-order chi connectivity index (χ1) is 13.1. The third kappa shape index (κ3) is 4.20. The Bertz CT molecular complexity index is 951. The molecule has 140 valence electrons. The Morgan fingerprint density at radius 2 is 1.81 bits per heavy atom. The molecule has 0 aliphatic heterocycles. The number of aromatic amines is 1. The SMILES string of the molecule is COC(=O)[C@H](Cc1c[nH]c2ccccc12)NC(=O)Nc1ccccc1OC. The van der Waals surface area contributed by atoms with Crippen LogP contribution in [0.5, 0.6) is 5.75 Å². The van der Waals surface area contributed by atoms with E-state index in [1.165, 1.54) is 14.2 Å². The minimum absolute atomic E-state index is 0.302. The summed E-state index contributed by atoms with van der Waals surface area (Å²) < 4.78 is 10.1. The Kier molecular flexibility index (Phi) is 5.61. The summed E-state index contributed by atoms with van der Waals surface area (Å²) in [6.07, 6.45) is 2.14. The summed E-state index contributed by atoms with van der Waals surface area (Å²) in [5.41, 5.74) is 2.39. The molecular formula is C20H21N3O4. The lowest BCUT2D eigenvalue weighted by molar-refractivity contribution is -0.142. The van der Waals surface area contributed by atoms with Gasteiger partial charge < -0.3 is 25.1 Å². The highest BCUT2D eigenvalue weighted by molar-refractivity contribution is 5.94. The van der Waals surface area contributed by atoms with Gasteiger partial charge in [-0.05, 0) is 23.8 Å². The minimum atomic E-state index is -0.830. The van der Waals surface area contributed by atoms with Crippen molar-refractivity contribution in [3.05, 3.63) is 60.3 Å². The lowest BCUT2D eigenvalue weighted by atomic mass is 10.1.